The Balaban J connectivity index is 2.45. The van der Waals surface area contributed by atoms with Crippen LogP contribution in [0.2, 0.25) is 0 Å². The monoisotopic (exact) mass is 282 g/mol. The van der Waals surface area contributed by atoms with Gasteiger partial charge in [0, 0.05) is 19.6 Å². The first-order valence-corrected chi connectivity index (χ1v) is 8.04. The zero-order chi connectivity index (χ0) is 12.9. The Hall–Kier alpha value is -0.310. The Bertz CT molecular complexity index is 352. The quantitative estimate of drug-likeness (QED) is 0.723. The van der Waals surface area contributed by atoms with E-state index in [0.29, 0.717) is 0 Å². The fourth-order valence-corrected chi connectivity index (χ4v) is 3.76. The van der Waals surface area contributed by atoms with Gasteiger partial charge in [-0.2, -0.15) is 29.2 Å². The van der Waals surface area contributed by atoms with Crippen LogP contribution in [0.4, 0.5) is 0 Å². The lowest BCUT2D eigenvalue weighted by atomic mass is 10.2. The minimum Gasteiger partial charge on any atom is -0.481 e. The highest BCUT2D eigenvalue weighted by Gasteiger charge is 2.24. The molecule has 100 valence electrons. The predicted octanol–water partition coefficient (Wildman–Crippen LogP) is 0.123. The Morgan fingerprint density at radius 3 is 2.59 bits per heavy atom. The summed E-state index contributed by atoms with van der Waals surface area (Å²) in [5.41, 5.74) is 0. The highest BCUT2D eigenvalue weighted by atomic mass is 32.2. The summed E-state index contributed by atoms with van der Waals surface area (Å²) in [6.07, 6.45) is 1.48. The molecule has 1 fully saturated rings. The smallest absolute Gasteiger partial charge is 0.304 e. The molecule has 8 heteroatoms. The summed E-state index contributed by atoms with van der Waals surface area (Å²) < 4.78 is 27.3. The standard InChI is InChI=1S/C9H18N2O4S2/c1-11(5-2-9(12)13)17(14,15)10-8-3-6-16-7-4-8/h8,10H,2-7H2,1H3,(H,12,13). The van der Waals surface area contributed by atoms with Gasteiger partial charge in [-0.05, 0) is 24.3 Å². The van der Waals surface area contributed by atoms with E-state index in [-0.39, 0.29) is 19.0 Å². The van der Waals surface area contributed by atoms with Gasteiger partial charge in [0.25, 0.3) is 10.2 Å². The largest absolute Gasteiger partial charge is 0.481 e. The zero-order valence-electron chi connectivity index (χ0n) is 9.76. The zero-order valence-corrected chi connectivity index (χ0v) is 11.4. The van der Waals surface area contributed by atoms with Gasteiger partial charge < -0.3 is 5.11 Å². The maximum atomic E-state index is 11.8. The van der Waals surface area contributed by atoms with Gasteiger partial charge in [-0.1, -0.05) is 0 Å². The topological polar surface area (TPSA) is 86.7 Å². The highest BCUT2D eigenvalue weighted by molar-refractivity contribution is 7.99. The van der Waals surface area contributed by atoms with E-state index in [1.54, 1.807) is 0 Å². The summed E-state index contributed by atoms with van der Waals surface area (Å²) in [6.45, 7) is -0.00780. The number of hydrogen-bond donors (Lipinski definition) is 2. The van der Waals surface area contributed by atoms with Crippen molar-refractivity contribution in [3.63, 3.8) is 0 Å². The van der Waals surface area contributed by atoms with Crippen molar-refractivity contribution >= 4 is 27.9 Å². The molecule has 0 spiro atoms. The SMILES string of the molecule is CN(CCC(=O)O)S(=O)(=O)NC1CCSCC1. The van der Waals surface area contributed by atoms with E-state index in [1.165, 1.54) is 7.05 Å². The predicted molar refractivity (Wildman–Crippen MR) is 67.3 cm³/mol. The third-order valence-corrected chi connectivity index (χ3v) is 5.27. The number of nitrogens with zero attached hydrogens (tertiary/aromatic N) is 1. The third kappa shape index (κ3) is 5.24. The fraction of sp³-hybridized carbons (Fsp3) is 0.889. The van der Waals surface area contributed by atoms with Crippen LogP contribution in [-0.2, 0) is 15.0 Å². The number of aliphatic carboxylic acids is 1. The Morgan fingerprint density at radius 1 is 1.47 bits per heavy atom. The summed E-state index contributed by atoms with van der Waals surface area (Å²) in [6, 6.07) is -0.0199. The van der Waals surface area contributed by atoms with Crippen molar-refractivity contribution in [2.75, 3.05) is 25.1 Å². The Kier molecular flexibility index (Phi) is 5.71. The van der Waals surface area contributed by atoms with E-state index < -0.39 is 16.2 Å². The summed E-state index contributed by atoms with van der Waals surface area (Å²) in [5.74, 6) is 0.930. The van der Waals surface area contributed by atoms with Gasteiger partial charge in [0.2, 0.25) is 0 Å². The number of carboxylic acids is 1. The molecular formula is C9H18N2O4S2. The van der Waals surface area contributed by atoms with Crippen LogP contribution in [0.5, 0.6) is 0 Å². The normalized spacial score (nSPS) is 18.5. The molecule has 1 saturated heterocycles. The van der Waals surface area contributed by atoms with Gasteiger partial charge in [-0.25, -0.2) is 0 Å². The molecular weight excluding hydrogens is 264 g/mol. The van der Waals surface area contributed by atoms with Gasteiger partial charge in [-0.15, -0.1) is 0 Å². The van der Waals surface area contributed by atoms with Gasteiger partial charge in [0.15, 0.2) is 0 Å². The van der Waals surface area contributed by atoms with Crippen molar-refractivity contribution in [2.24, 2.45) is 0 Å². The van der Waals surface area contributed by atoms with Gasteiger partial charge in [0.1, 0.15) is 0 Å². The molecule has 0 aromatic carbocycles. The number of carboxylic acid groups (broad SMARTS) is 1. The lowest BCUT2D eigenvalue weighted by Gasteiger charge is -2.25. The third-order valence-electron chi connectivity index (χ3n) is 2.59. The minimum absolute atomic E-state index is 0.00780. The molecule has 2 N–H and O–H groups in total. The van der Waals surface area contributed by atoms with E-state index >= 15 is 0 Å². The number of thioether (sulfide) groups is 1. The number of rotatable bonds is 6. The van der Waals surface area contributed by atoms with Crippen LogP contribution < -0.4 is 4.72 Å². The summed E-state index contributed by atoms with van der Waals surface area (Å²) in [4.78, 5) is 10.4. The van der Waals surface area contributed by atoms with Crippen LogP contribution in [0, 0.1) is 0 Å². The molecule has 0 amide bonds. The molecule has 1 heterocycles. The average molecular weight is 282 g/mol. The maximum Gasteiger partial charge on any atom is 0.304 e. The summed E-state index contributed by atoms with van der Waals surface area (Å²) >= 11 is 1.82. The molecule has 0 bridgehead atoms. The second kappa shape index (κ2) is 6.58. The molecule has 1 aliphatic heterocycles. The molecule has 0 atom stereocenters. The molecule has 0 aliphatic carbocycles. The van der Waals surface area contributed by atoms with Crippen molar-refractivity contribution in [1.29, 1.82) is 0 Å². The summed E-state index contributed by atoms with van der Waals surface area (Å²) in [7, 11) is -2.15. The van der Waals surface area contributed by atoms with Crippen molar-refractivity contribution in [2.45, 2.75) is 25.3 Å². The molecule has 0 radical (unpaired) electrons. The van der Waals surface area contributed by atoms with E-state index in [9.17, 15) is 13.2 Å². The van der Waals surface area contributed by atoms with Gasteiger partial charge >= 0.3 is 5.97 Å². The number of carbonyl (C=O) groups is 1. The Labute approximate surface area is 106 Å². The highest BCUT2D eigenvalue weighted by Crippen LogP contribution is 2.17. The maximum absolute atomic E-state index is 11.8. The molecule has 1 rings (SSSR count). The second-order valence-electron chi connectivity index (χ2n) is 3.97. The van der Waals surface area contributed by atoms with Crippen molar-refractivity contribution in [1.82, 2.24) is 9.03 Å². The van der Waals surface area contributed by atoms with Crippen molar-refractivity contribution in [3.05, 3.63) is 0 Å². The van der Waals surface area contributed by atoms with Crippen molar-refractivity contribution in [3.8, 4) is 0 Å². The van der Waals surface area contributed by atoms with E-state index in [0.717, 1.165) is 28.7 Å². The van der Waals surface area contributed by atoms with Gasteiger partial charge in [0.05, 0.1) is 6.42 Å². The molecule has 17 heavy (non-hydrogen) atoms. The first-order valence-electron chi connectivity index (χ1n) is 5.45. The van der Waals surface area contributed by atoms with E-state index in [4.69, 9.17) is 5.11 Å². The first-order chi connectivity index (χ1) is 7.92. The molecule has 0 aromatic heterocycles. The molecule has 0 aromatic rings. The number of nitrogens with one attached hydrogen (secondary N) is 1. The van der Waals surface area contributed by atoms with Crippen molar-refractivity contribution < 1.29 is 18.3 Å². The molecule has 0 unspecified atom stereocenters. The lowest BCUT2D eigenvalue weighted by molar-refractivity contribution is -0.137. The molecule has 0 saturated carbocycles. The van der Waals surface area contributed by atoms with Crippen LogP contribution in [0.15, 0.2) is 0 Å². The van der Waals surface area contributed by atoms with Crippen LogP contribution >= 0.6 is 11.8 Å². The second-order valence-corrected chi connectivity index (χ2v) is 7.01. The van der Waals surface area contributed by atoms with Crippen LogP contribution in [0.1, 0.15) is 19.3 Å². The minimum atomic E-state index is -3.54. The summed E-state index contributed by atoms with van der Waals surface area (Å²) in [5, 5.41) is 8.50. The Morgan fingerprint density at radius 2 is 2.06 bits per heavy atom. The average Bonchev–Trinajstić information content (AvgIpc) is 2.26. The molecule has 6 nitrogen and oxygen atoms in total. The molecule has 1 aliphatic rings. The van der Waals surface area contributed by atoms with Crippen LogP contribution in [-0.4, -0.2) is 54.9 Å². The van der Waals surface area contributed by atoms with Crippen LogP contribution in [0.3, 0.4) is 0 Å². The lowest BCUT2D eigenvalue weighted by Crippen LogP contribution is -2.45. The van der Waals surface area contributed by atoms with E-state index in [1.807, 2.05) is 11.8 Å². The van der Waals surface area contributed by atoms with Gasteiger partial charge in [-0.3, -0.25) is 4.79 Å². The first kappa shape index (κ1) is 14.7. The fourth-order valence-electron chi connectivity index (χ4n) is 1.49. The van der Waals surface area contributed by atoms with Crippen LogP contribution in [0.25, 0.3) is 0 Å². The number of hydrogen-bond acceptors (Lipinski definition) is 4. The van der Waals surface area contributed by atoms with E-state index in [2.05, 4.69) is 4.72 Å².